The molecule has 0 atom stereocenters. The van der Waals surface area contributed by atoms with E-state index in [0.717, 1.165) is 9.13 Å². The van der Waals surface area contributed by atoms with Gasteiger partial charge in [0.2, 0.25) is 0 Å². The topological polar surface area (TPSA) is 64.9 Å². The quantitative estimate of drug-likeness (QED) is 0.814. The van der Waals surface area contributed by atoms with Gasteiger partial charge in [0.15, 0.2) is 11.5 Å². The standard InChI is InChI=1S/C8H6IN3O/c9-6-4-2-1-3-5(6)7-8(10)12-13-11-7/h1-4H,(H2,10,12). The minimum Gasteiger partial charge on any atom is -0.379 e. The minimum absolute atomic E-state index is 0.323. The lowest BCUT2D eigenvalue weighted by atomic mass is 10.1. The summed E-state index contributed by atoms with van der Waals surface area (Å²) in [5.41, 5.74) is 7.12. The Bertz CT molecular complexity index is 427. The smallest absolute Gasteiger partial charge is 0.196 e. The highest BCUT2D eigenvalue weighted by Crippen LogP contribution is 2.26. The second kappa shape index (κ2) is 3.33. The zero-order valence-electron chi connectivity index (χ0n) is 6.57. The monoisotopic (exact) mass is 287 g/mol. The van der Waals surface area contributed by atoms with Crippen molar-refractivity contribution in [3.05, 3.63) is 27.8 Å². The highest BCUT2D eigenvalue weighted by molar-refractivity contribution is 14.1. The number of nitrogens with two attached hydrogens (primary N) is 1. The molecule has 0 amide bonds. The average Bonchev–Trinajstić information content (AvgIpc) is 2.52. The van der Waals surface area contributed by atoms with Gasteiger partial charge in [-0.05, 0) is 39.0 Å². The lowest BCUT2D eigenvalue weighted by molar-refractivity contribution is 0.310. The van der Waals surface area contributed by atoms with E-state index in [1.807, 2.05) is 24.3 Å². The van der Waals surface area contributed by atoms with E-state index in [1.165, 1.54) is 0 Å². The molecule has 66 valence electrons. The Kier molecular flexibility index (Phi) is 2.17. The summed E-state index contributed by atoms with van der Waals surface area (Å²) in [6.07, 6.45) is 0. The number of benzene rings is 1. The fourth-order valence-corrected chi connectivity index (χ4v) is 1.68. The molecule has 0 spiro atoms. The van der Waals surface area contributed by atoms with Gasteiger partial charge >= 0.3 is 0 Å². The lowest BCUT2D eigenvalue weighted by Gasteiger charge is -1.98. The molecular weight excluding hydrogens is 281 g/mol. The third kappa shape index (κ3) is 1.51. The maximum absolute atomic E-state index is 5.57. The Labute approximate surface area is 88.2 Å². The molecule has 0 fully saturated rings. The van der Waals surface area contributed by atoms with Crippen molar-refractivity contribution in [1.82, 2.24) is 10.3 Å². The van der Waals surface area contributed by atoms with Gasteiger partial charge < -0.3 is 5.73 Å². The van der Waals surface area contributed by atoms with Crippen molar-refractivity contribution >= 4 is 28.4 Å². The number of nitrogen functional groups attached to an aromatic ring is 1. The van der Waals surface area contributed by atoms with Crippen LogP contribution in [0.5, 0.6) is 0 Å². The van der Waals surface area contributed by atoms with Crippen molar-refractivity contribution in [2.24, 2.45) is 0 Å². The van der Waals surface area contributed by atoms with E-state index in [2.05, 4.69) is 37.5 Å². The molecular formula is C8H6IN3O. The third-order valence-corrected chi connectivity index (χ3v) is 2.58. The molecule has 0 aliphatic carbocycles. The maximum Gasteiger partial charge on any atom is 0.196 e. The summed E-state index contributed by atoms with van der Waals surface area (Å²) < 4.78 is 5.60. The van der Waals surface area contributed by atoms with Crippen molar-refractivity contribution in [2.75, 3.05) is 5.73 Å². The first kappa shape index (κ1) is 8.49. The van der Waals surface area contributed by atoms with E-state index >= 15 is 0 Å². The Morgan fingerprint density at radius 2 is 2.00 bits per heavy atom. The Morgan fingerprint density at radius 3 is 2.62 bits per heavy atom. The third-order valence-electron chi connectivity index (χ3n) is 1.64. The van der Waals surface area contributed by atoms with Crippen LogP contribution in [-0.2, 0) is 0 Å². The van der Waals surface area contributed by atoms with Crippen LogP contribution in [-0.4, -0.2) is 10.3 Å². The summed E-state index contributed by atoms with van der Waals surface area (Å²) in [5, 5.41) is 7.25. The van der Waals surface area contributed by atoms with Crippen molar-refractivity contribution in [3.63, 3.8) is 0 Å². The van der Waals surface area contributed by atoms with Gasteiger partial charge in [0.25, 0.3) is 0 Å². The predicted octanol–water partition coefficient (Wildman–Crippen LogP) is 1.92. The maximum atomic E-state index is 5.57. The zero-order chi connectivity index (χ0) is 9.26. The largest absolute Gasteiger partial charge is 0.379 e. The SMILES string of the molecule is Nc1nonc1-c1ccccc1I. The van der Waals surface area contributed by atoms with Crippen LogP contribution in [0.3, 0.4) is 0 Å². The zero-order valence-corrected chi connectivity index (χ0v) is 8.72. The van der Waals surface area contributed by atoms with Gasteiger partial charge in [-0.15, -0.1) is 0 Å². The van der Waals surface area contributed by atoms with Crippen LogP contribution in [0.1, 0.15) is 0 Å². The molecule has 1 aromatic carbocycles. The molecule has 2 rings (SSSR count). The van der Waals surface area contributed by atoms with Crippen LogP contribution >= 0.6 is 22.6 Å². The summed E-state index contributed by atoms with van der Waals surface area (Å²) in [4.78, 5) is 0. The van der Waals surface area contributed by atoms with E-state index in [-0.39, 0.29) is 0 Å². The van der Waals surface area contributed by atoms with Crippen molar-refractivity contribution in [1.29, 1.82) is 0 Å². The number of halogens is 1. The van der Waals surface area contributed by atoms with Crippen molar-refractivity contribution in [2.45, 2.75) is 0 Å². The van der Waals surface area contributed by atoms with E-state index < -0.39 is 0 Å². The normalized spacial score (nSPS) is 10.2. The van der Waals surface area contributed by atoms with Gasteiger partial charge in [-0.2, -0.15) is 0 Å². The number of hydrogen-bond acceptors (Lipinski definition) is 4. The molecule has 0 aliphatic rings. The molecule has 5 heteroatoms. The molecule has 2 aromatic rings. The molecule has 1 aromatic heterocycles. The Balaban J connectivity index is 2.59. The summed E-state index contributed by atoms with van der Waals surface area (Å²) >= 11 is 2.21. The molecule has 0 bridgehead atoms. The lowest BCUT2D eigenvalue weighted by Crippen LogP contribution is -1.89. The number of anilines is 1. The first-order chi connectivity index (χ1) is 6.29. The Hall–Kier alpha value is -1.11. The highest BCUT2D eigenvalue weighted by Gasteiger charge is 2.10. The van der Waals surface area contributed by atoms with E-state index in [4.69, 9.17) is 5.73 Å². The van der Waals surface area contributed by atoms with Gasteiger partial charge in [-0.25, -0.2) is 4.63 Å². The molecule has 0 saturated heterocycles. The van der Waals surface area contributed by atoms with Crippen LogP contribution in [0.15, 0.2) is 28.9 Å². The molecule has 0 radical (unpaired) electrons. The van der Waals surface area contributed by atoms with Crippen LogP contribution in [0, 0.1) is 3.57 Å². The summed E-state index contributed by atoms with van der Waals surface area (Å²) in [6.45, 7) is 0. The first-order valence-corrected chi connectivity index (χ1v) is 4.70. The first-order valence-electron chi connectivity index (χ1n) is 3.62. The fraction of sp³-hybridized carbons (Fsp3) is 0. The second-order valence-corrected chi connectivity index (χ2v) is 3.64. The fourth-order valence-electron chi connectivity index (χ4n) is 1.04. The average molecular weight is 287 g/mol. The van der Waals surface area contributed by atoms with Crippen LogP contribution in [0.25, 0.3) is 11.3 Å². The number of aromatic nitrogens is 2. The van der Waals surface area contributed by atoms with Crippen LogP contribution in [0.4, 0.5) is 5.82 Å². The van der Waals surface area contributed by atoms with Gasteiger partial charge in [0, 0.05) is 9.13 Å². The van der Waals surface area contributed by atoms with E-state index in [1.54, 1.807) is 0 Å². The molecule has 1 heterocycles. The van der Waals surface area contributed by atoms with Gasteiger partial charge in [0.1, 0.15) is 0 Å². The summed E-state index contributed by atoms with van der Waals surface area (Å²) in [5.74, 6) is 0.323. The highest BCUT2D eigenvalue weighted by atomic mass is 127. The molecule has 0 saturated carbocycles. The van der Waals surface area contributed by atoms with Gasteiger partial charge in [-0.1, -0.05) is 18.2 Å². The second-order valence-electron chi connectivity index (χ2n) is 2.48. The molecule has 4 nitrogen and oxygen atoms in total. The van der Waals surface area contributed by atoms with Crippen LogP contribution in [0.2, 0.25) is 0 Å². The van der Waals surface area contributed by atoms with Crippen LogP contribution < -0.4 is 5.73 Å². The van der Waals surface area contributed by atoms with Gasteiger partial charge in [0.05, 0.1) is 0 Å². The minimum atomic E-state index is 0.323. The summed E-state index contributed by atoms with van der Waals surface area (Å²) in [7, 11) is 0. The van der Waals surface area contributed by atoms with E-state index in [0.29, 0.717) is 11.5 Å². The van der Waals surface area contributed by atoms with E-state index in [9.17, 15) is 0 Å². The van der Waals surface area contributed by atoms with Crippen molar-refractivity contribution in [3.8, 4) is 11.3 Å². The Morgan fingerprint density at radius 1 is 1.23 bits per heavy atom. The predicted molar refractivity (Wildman–Crippen MR) is 56.9 cm³/mol. The number of nitrogens with zero attached hydrogens (tertiary/aromatic N) is 2. The molecule has 0 aliphatic heterocycles. The molecule has 13 heavy (non-hydrogen) atoms. The number of rotatable bonds is 1. The molecule has 2 N–H and O–H groups in total. The molecule has 0 unspecified atom stereocenters. The summed E-state index contributed by atoms with van der Waals surface area (Å²) in [6, 6.07) is 7.78. The van der Waals surface area contributed by atoms with Gasteiger partial charge in [-0.3, -0.25) is 0 Å². The van der Waals surface area contributed by atoms with Crippen molar-refractivity contribution < 1.29 is 4.63 Å². The number of hydrogen-bond donors (Lipinski definition) is 1.